The highest BCUT2D eigenvalue weighted by Crippen LogP contribution is 2.28. The van der Waals surface area contributed by atoms with Crippen LogP contribution in [0.1, 0.15) is 17.0 Å². The Morgan fingerprint density at radius 1 is 1.21 bits per heavy atom. The van der Waals surface area contributed by atoms with Crippen LogP contribution in [0.25, 0.3) is 11.3 Å². The molecule has 0 unspecified atom stereocenters. The summed E-state index contributed by atoms with van der Waals surface area (Å²) in [6.45, 7) is 3.83. The van der Waals surface area contributed by atoms with Crippen molar-refractivity contribution in [3.05, 3.63) is 47.5 Å². The zero-order valence-corrected chi connectivity index (χ0v) is 13.6. The summed E-state index contributed by atoms with van der Waals surface area (Å²) < 4.78 is 5.04. The van der Waals surface area contributed by atoms with E-state index in [9.17, 15) is 0 Å². The fourth-order valence-electron chi connectivity index (χ4n) is 2.51. The van der Waals surface area contributed by atoms with Gasteiger partial charge in [0.2, 0.25) is 11.8 Å². The lowest BCUT2D eigenvalue weighted by atomic mass is 10.1. The third kappa shape index (κ3) is 2.90. The zero-order valence-electron chi connectivity index (χ0n) is 13.6. The minimum Gasteiger partial charge on any atom is -0.481 e. The van der Waals surface area contributed by atoms with Crippen LogP contribution in [-0.4, -0.2) is 27.0 Å². The van der Waals surface area contributed by atoms with E-state index in [2.05, 4.69) is 31.3 Å². The summed E-state index contributed by atoms with van der Waals surface area (Å²) in [5.41, 5.74) is 4.76. The lowest BCUT2D eigenvalue weighted by Crippen LogP contribution is -1.99. The Hall–Kier alpha value is -3.40. The van der Waals surface area contributed by atoms with Crippen LogP contribution in [0.2, 0.25) is 0 Å². The van der Waals surface area contributed by atoms with E-state index in [0.29, 0.717) is 17.5 Å². The van der Waals surface area contributed by atoms with Crippen molar-refractivity contribution in [1.29, 1.82) is 5.26 Å². The highest BCUT2D eigenvalue weighted by atomic mass is 16.5. The number of nitriles is 1. The Morgan fingerprint density at radius 2 is 2.04 bits per heavy atom. The molecule has 3 aromatic heterocycles. The number of nitrogens with one attached hydrogen (secondary N) is 2. The van der Waals surface area contributed by atoms with Gasteiger partial charge >= 0.3 is 0 Å². The van der Waals surface area contributed by atoms with Crippen LogP contribution in [0.15, 0.2) is 30.6 Å². The first-order valence-corrected chi connectivity index (χ1v) is 7.32. The van der Waals surface area contributed by atoms with Gasteiger partial charge in [0.25, 0.3) is 0 Å². The van der Waals surface area contributed by atoms with Crippen LogP contribution in [0.5, 0.6) is 5.88 Å². The van der Waals surface area contributed by atoms with E-state index in [1.165, 1.54) is 0 Å². The smallest absolute Gasteiger partial charge is 0.227 e. The van der Waals surface area contributed by atoms with Gasteiger partial charge in [-0.1, -0.05) is 0 Å². The average molecular weight is 320 g/mol. The molecule has 0 saturated heterocycles. The topological polar surface area (TPSA) is 99.5 Å². The predicted octanol–water partition coefficient (Wildman–Crippen LogP) is 3.11. The summed E-state index contributed by atoms with van der Waals surface area (Å²) in [4.78, 5) is 16.0. The van der Waals surface area contributed by atoms with Crippen LogP contribution in [0.4, 0.5) is 11.6 Å². The molecular weight excluding hydrogens is 304 g/mol. The predicted molar refractivity (Wildman–Crippen MR) is 90.1 cm³/mol. The van der Waals surface area contributed by atoms with Gasteiger partial charge in [0, 0.05) is 23.5 Å². The minimum absolute atomic E-state index is 0.456. The first-order chi connectivity index (χ1) is 11.6. The second-order valence-corrected chi connectivity index (χ2v) is 5.22. The molecule has 0 aromatic carbocycles. The maximum absolute atomic E-state index is 9.15. The largest absolute Gasteiger partial charge is 0.481 e. The van der Waals surface area contributed by atoms with Crippen LogP contribution in [-0.2, 0) is 0 Å². The number of aryl methyl sites for hydroxylation is 1. The number of nitrogens with zero attached hydrogens (tertiary/aromatic N) is 4. The van der Waals surface area contributed by atoms with E-state index in [1.807, 2.05) is 26.0 Å². The SMILES string of the molecule is COc1ccc(Nc2nccc(-c3c(C)[nH]c(C#N)c3C)n2)cn1. The summed E-state index contributed by atoms with van der Waals surface area (Å²) in [6.07, 6.45) is 3.33. The van der Waals surface area contributed by atoms with Crippen LogP contribution in [0.3, 0.4) is 0 Å². The molecular formula is C17H16N6O. The van der Waals surface area contributed by atoms with Crippen molar-refractivity contribution in [2.24, 2.45) is 0 Å². The second kappa shape index (κ2) is 6.38. The molecule has 0 atom stereocenters. The number of rotatable bonds is 4. The van der Waals surface area contributed by atoms with Crippen molar-refractivity contribution >= 4 is 11.6 Å². The summed E-state index contributed by atoms with van der Waals surface area (Å²) in [6, 6.07) is 7.57. The van der Waals surface area contributed by atoms with Gasteiger partial charge in [0.15, 0.2) is 0 Å². The number of hydrogen-bond acceptors (Lipinski definition) is 6. The average Bonchev–Trinajstić information content (AvgIpc) is 2.89. The van der Waals surface area contributed by atoms with Crippen LogP contribution in [0, 0.1) is 25.2 Å². The van der Waals surface area contributed by atoms with Crippen molar-refractivity contribution < 1.29 is 4.74 Å². The van der Waals surface area contributed by atoms with Crippen molar-refractivity contribution in [2.45, 2.75) is 13.8 Å². The number of ether oxygens (including phenoxy) is 1. The summed E-state index contributed by atoms with van der Waals surface area (Å²) in [7, 11) is 1.57. The van der Waals surface area contributed by atoms with Gasteiger partial charge in [-0.25, -0.2) is 15.0 Å². The molecule has 0 fully saturated rings. The summed E-state index contributed by atoms with van der Waals surface area (Å²) in [5, 5.41) is 12.3. The van der Waals surface area contributed by atoms with Crippen LogP contribution >= 0.6 is 0 Å². The molecule has 0 aliphatic heterocycles. The van der Waals surface area contributed by atoms with Gasteiger partial charge in [-0.3, -0.25) is 0 Å². The van der Waals surface area contributed by atoms with Crippen LogP contribution < -0.4 is 10.1 Å². The molecule has 3 rings (SSSR count). The highest BCUT2D eigenvalue weighted by Gasteiger charge is 2.14. The number of H-pyrrole nitrogens is 1. The van der Waals surface area contributed by atoms with Crippen molar-refractivity contribution in [3.8, 4) is 23.2 Å². The molecule has 0 aliphatic carbocycles. The fourth-order valence-corrected chi connectivity index (χ4v) is 2.51. The molecule has 0 spiro atoms. The third-order valence-corrected chi connectivity index (χ3v) is 3.66. The van der Waals surface area contributed by atoms with E-state index in [1.54, 1.807) is 25.6 Å². The van der Waals surface area contributed by atoms with E-state index < -0.39 is 0 Å². The van der Waals surface area contributed by atoms with Gasteiger partial charge in [-0.05, 0) is 31.5 Å². The van der Waals surface area contributed by atoms with Crippen molar-refractivity contribution in [3.63, 3.8) is 0 Å². The Kier molecular flexibility index (Phi) is 4.12. The fraction of sp³-hybridized carbons (Fsp3) is 0.176. The first kappa shape index (κ1) is 15.5. The summed E-state index contributed by atoms with van der Waals surface area (Å²) >= 11 is 0. The number of anilines is 2. The Morgan fingerprint density at radius 3 is 2.67 bits per heavy atom. The monoisotopic (exact) mass is 320 g/mol. The normalized spacial score (nSPS) is 10.2. The highest BCUT2D eigenvalue weighted by molar-refractivity contribution is 5.70. The van der Waals surface area contributed by atoms with E-state index >= 15 is 0 Å². The standard InChI is InChI=1S/C17H16N6O/c1-10-14(8-18)21-11(2)16(10)13-6-7-19-17(23-13)22-12-4-5-15(24-3)20-9-12/h4-7,9,21H,1-3H3,(H,19,22,23). The van der Waals surface area contributed by atoms with Gasteiger partial charge in [-0.15, -0.1) is 0 Å². The molecule has 0 saturated carbocycles. The summed E-state index contributed by atoms with van der Waals surface area (Å²) in [5.74, 6) is 0.996. The number of methoxy groups -OCH3 is 1. The lowest BCUT2D eigenvalue weighted by molar-refractivity contribution is 0.398. The van der Waals surface area contributed by atoms with E-state index in [-0.39, 0.29) is 0 Å². The minimum atomic E-state index is 0.456. The molecule has 3 heterocycles. The maximum Gasteiger partial charge on any atom is 0.227 e. The molecule has 0 bridgehead atoms. The van der Waals surface area contributed by atoms with Gasteiger partial charge in [-0.2, -0.15) is 5.26 Å². The quantitative estimate of drug-likeness (QED) is 0.766. The molecule has 3 aromatic rings. The first-order valence-electron chi connectivity index (χ1n) is 7.32. The molecule has 24 heavy (non-hydrogen) atoms. The van der Waals surface area contributed by atoms with Crippen molar-refractivity contribution in [1.82, 2.24) is 19.9 Å². The molecule has 7 nitrogen and oxygen atoms in total. The van der Waals surface area contributed by atoms with Gasteiger partial charge in [0.1, 0.15) is 11.8 Å². The second-order valence-electron chi connectivity index (χ2n) is 5.22. The maximum atomic E-state index is 9.15. The number of pyridine rings is 1. The Labute approximate surface area is 139 Å². The molecule has 120 valence electrons. The lowest BCUT2D eigenvalue weighted by Gasteiger charge is -2.07. The van der Waals surface area contributed by atoms with Crippen molar-refractivity contribution in [2.75, 3.05) is 12.4 Å². The molecule has 0 aliphatic rings. The number of aromatic amines is 1. The van der Waals surface area contributed by atoms with Gasteiger partial charge in [0.05, 0.1) is 24.7 Å². The van der Waals surface area contributed by atoms with E-state index in [0.717, 1.165) is 28.2 Å². The Bertz CT molecular complexity index is 908. The zero-order chi connectivity index (χ0) is 17.1. The molecule has 7 heteroatoms. The number of aromatic nitrogens is 4. The molecule has 0 radical (unpaired) electrons. The molecule has 2 N–H and O–H groups in total. The third-order valence-electron chi connectivity index (χ3n) is 3.66. The van der Waals surface area contributed by atoms with Gasteiger partial charge < -0.3 is 15.0 Å². The Balaban J connectivity index is 1.92. The van der Waals surface area contributed by atoms with E-state index in [4.69, 9.17) is 10.00 Å². The number of hydrogen-bond donors (Lipinski definition) is 2. The molecule has 0 amide bonds.